The van der Waals surface area contributed by atoms with Gasteiger partial charge >= 0.3 is 0 Å². The predicted octanol–water partition coefficient (Wildman–Crippen LogP) is 5.90. The predicted molar refractivity (Wildman–Crippen MR) is 75.8 cm³/mol. The van der Waals surface area contributed by atoms with Crippen molar-refractivity contribution in [2.24, 2.45) is 0 Å². The molecule has 0 fully saturated rings. The van der Waals surface area contributed by atoms with E-state index in [1.165, 1.54) is 32.1 Å². The number of unbranched alkanes of at least 4 members (excludes halogenated alkanes) is 6. The van der Waals surface area contributed by atoms with E-state index in [4.69, 9.17) is 0 Å². The van der Waals surface area contributed by atoms with Crippen LogP contribution in [0.4, 0.5) is 0 Å². The molecule has 0 saturated carbocycles. The van der Waals surface area contributed by atoms with Crippen LogP contribution in [-0.2, 0) is 5.11 Å². The summed E-state index contributed by atoms with van der Waals surface area (Å²) in [6, 6.07) is 0. The molecule has 103 valence electrons. The average molecular weight is 241 g/mol. The molecule has 0 rings (SSSR count). The maximum atomic E-state index is 12.5. The highest BCUT2D eigenvalue weighted by Crippen LogP contribution is 2.27. The van der Waals surface area contributed by atoms with Gasteiger partial charge in [0.1, 0.15) is 5.60 Å². The van der Waals surface area contributed by atoms with Crippen LogP contribution in [0.3, 0.4) is 0 Å². The van der Waals surface area contributed by atoms with Gasteiger partial charge in [0.2, 0.25) is 0 Å². The van der Waals surface area contributed by atoms with Crippen molar-refractivity contribution in [3.8, 4) is 0 Å². The van der Waals surface area contributed by atoms with E-state index >= 15 is 0 Å². The van der Waals surface area contributed by atoms with Crippen LogP contribution >= 0.6 is 0 Å². The van der Waals surface area contributed by atoms with Gasteiger partial charge in [0.25, 0.3) is 0 Å². The van der Waals surface area contributed by atoms with Crippen LogP contribution in [0.15, 0.2) is 0 Å². The zero-order valence-corrected chi connectivity index (χ0v) is 12.4. The largest absolute Gasteiger partial charge is 0.229 e. The highest BCUT2D eigenvalue weighted by molar-refractivity contribution is 4.77. The number of hydrogen-bond donors (Lipinski definition) is 0. The first-order valence-electron chi connectivity index (χ1n) is 7.89. The van der Waals surface area contributed by atoms with Crippen molar-refractivity contribution in [2.75, 3.05) is 0 Å². The van der Waals surface area contributed by atoms with E-state index < -0.39 is 5.60 Å². The molecule has 0 N–H and O–H groups in total. The maximum absolute atomic E-state index is 12.5. The molecule has 0 aliphatic carbocycles. The molecule has 0 amide bonds. The minimum absolute atomic E-state index is 0.602. The van der Waals surface area contributed by atoms with Crippen LogP contribution in [0.1, 0.15) is 97.8 Å². The van der Waals surface area contributed by atoms with Gasteiger partial charge in [0, 0.05) is 0 Å². The summed E-state index contributed by atoms with van der Waals surface area (Å²) in [5.74, 6) is 0. The summed E-state index contributed by atoms with van der Waals surface area (Å²) in [4.78, 5) is 0. The fourth-order valence-corrected chi connectivity index (χ4v) is 2.56. The van der Waals surface area contributed by atoms with Gasteiger partial charge in [-0.25, -0.2) is 5.11 Å². The van der Waals surface area contributed by atoms with Crippen LogP contribution in [0.2, 0.25) is 0 Å². The Balaban J connectivity index is 3.68. The second kappa shape index (κ2) is 11.1. The second-order valence-corrected chi connectivity index (χ2v) is 5.55. The Morgan fingerprint density at radius 1 is 0.588 bits per heavy atom. The third-order valence-corrected chi connectivity index (χ3v) is 3.68. The quantitative estimate of drug-likeness (QED) is 0.379. The van der Waals surface area contributed by atoms with Crippen molar-refractivity contribution < 1.29 is 5.11 Å². The second-order valence-electron chi connectivity index (χ2n) is 5.55. The van der Waals surface area contributed by atoms with Crippen molar-refractivity contribution in [3.05, 3.63) is 0 Å². The molecule has 0 aromatic rings. The first-order chi connectivity index (χ1) is 8.18. The molecule has 0 aliphatic heterocycles. The summed E-state index contributed by atoms with van der Waals surface area (Å²) in [6.45, 7) is 6.56. The van der Waals surface area contributed by atoms with Crippen LogP contribution in [0.25, 0.3) is 0 Å². The van der Waals surface area contributed by atoms with Gasteiger partial charge < -0.3 is 0 Å². The third-order valence-electron chi connectivity index (χ3n) is 3.68. The molecule has 0 aromatic carbocycles. The van der Waals surface area contributed by atoms with Gasteiger partial charge in [-0.05, 0) is 19.3 Å². The van der Waals surface area contributed by atoms with Crippen molar-refractivity contribution in [1.82, 2.24) is 0 Å². The molecule has 1 radical (unpaired) electrons. The molecule has 0 aromatic heterocycles. The zero-order valence-electron chi connectivity index (χ0n) is 12.4. The Morgan fingerprint density at radius 2 is 1.12 bits per heavy atom. The Kier molecular flexibility index (Phi) is 11.0. The Morgan fingerprint density at radius 3 is 1.71 bits per heavy atom. The molecule has 1 unspecified atom stereocenters. The summed E-state index contributed by atoms with van der Waals surface area (Å²) in [5, 5.41) is 12.5. The Hall–Kier alpha value is -0.0400. The lowest BCUT2D eigenvalue weighted by Crippen LogP contribution is -2.26. The van der Waals surface area contributed by atoms with Gasteiger partial charge in [-0.1, -0.05) is 78.6 Å². The molecule has 0 bridgehead atoms. The molecule has 0 heterocycles. The fraction of sp³-hybridized carbons (Fsp3) is 1.00. The fourth-order valence-electron chi connectivity index (χ4n) is 2.56. The first kappa shape index (κ1) is 17.0. The topological polar surface area (TPSA) is 19.9 Å². The summed E-state index contributed by atoms with van der Waals surface area (Å²) in [5.41, 5.74) is -0.602. The zero-order chi connectivity index (χ0) is 13.0. The third kappa shape index (κ3) is 9.64. The summed E-state index contributed by atoms with van der Waals surface area (Å²) >= 11 is 0. The normalized spacial score (nSPS) is 14.8. The average Bonchev–Trinajstić information content (AvgIpc) is 2.32. The molecule has 17 heavy (non-hydrogen) atoms. The lowest BCUT2D eigenvalue weighted by atomic mass is 9.86. The highest BCUT2D eigenvalue weighted by Gasteiger charge is 2.26. The van der Waals surface area contributed by atoms with Crippen LogP contribution in [0.5, 0.6) is 0 Å². The SMILES string of the molecule is CCCCCCCCC([O])(CCC)CCCC. The highest BCUT2D eigenvalue weighted by atomic mass is 16.3. The van der Waals surface area contributed by atoms with E-state index in [0.717, 1.165) is 44.9 Å². The molecule has 0 saturated heterocycles. The van der Waals surface area contributed by atoms with Crippen LogP contribution < -0.4 is 0 Å². The van der Waals surface area contributed by atoms with Crippen molar-refractivity contribution in [1.29, 1.82) is 0 Å². The number of hydrogen-bond acceptors (Lipinski definition) is 0. The summed E-state index contributed by atoms with van der Waals surface area (Å²) in [6.07, 6.45) is 13.7. The van der Waals surface area contributed by atoms with Gasteiger partial charge in [0.05, 0.1) is 0 Å². The van der Waals surface area contributed by atoms with Crippen molar-refractivity contribution in [3.63, 3.8) is 0 Å². The monoisotopic (exact) mass is 241 g/mol. The van der Waals surface area contributed by atoms with Gasteiger partial charge in [0.15, 0.2) is 0 Å². The van der Waals surface area contributed by atoms with Crippen LogP contribution in [-0.4, -0.2) is 5.60 Å². The minimum Gasteiger partial charge on any atom is -0.229 e. The smallest absolute Gasteiger partial charge is 0.104 e. The van der Waals surface area contributed by atoms with E-state index in [0.29, 0.717) is 0 Å². The van der Waals surface area contributed by atoms with E-state index in [-0.39, 0.29) is 0 Å². The lowest BCUT2D eigenvalue weighted by Gasteiger charge is -2.25. The van der Waals surface area contributed by atoms with E-state index in [9.17, 15) is 5.11 Å². The van der Waals surface area contributed by atoms with Gasteiger partial charge in [-0.3, -0.25) is 0 Å². The molecule has 0 spiro atoms. The molecule has 1 heteroatoms. The number of rotatable bonds is 12. The molecular weight excluding hydrogens is 208 g/mol. The first-order valence-corrected chi connectivity index (χ1v) is 7.89. The van der Waals surface area contributed by atoms with Crippen molar-refractivity contribution in [2.45, 2.75) is 103 Å². The summed E-state index contributed by atoms with van der Waals surface area (Å²) in [7, 11) is 0. The van der Waals surface area contributed by atoms with E-state index in [1.54, 1.807) is 0 Å². The maximum Gasteiger partial charge on any atom is 0.104 e. The van der Waals surface area contributed by atoms with E-state index in [1.807, 2.05) is 0 Å². The molecule has 1 atom stereocenters. The summed E-state index contributed by atoms with van der Waals surface area (Å²) < 4.78 is 0. The van der Waals surface area contributed by atoms with E-state index in [2.05, 4.69) is 20.8 Å². The lowest BCUT2D eigenvalue weighted by molar-refractivity contribution is -0.0543. The molecule has 1 nitrogen and oxygen atoms in total. The Labute approximate surface area is 109 Å². The standard InChI is InChI=1S/C16H33O/c1-4-7-9-10-11-12-15-16(17,13-6-3)14-8-5-2/h4-15H2,1-3H3. The van der Waals surface area contributed by atoms with Crippen LogP contribution in [0, 0.1) is 0 Å². The minimum atomic E-state index is -0.602. The van der Waals surface area contributed by atoms with Gasteiger partial charge in [-0.15, -0.1) is 0 Å². The molecular formula is C16H33O. The van der Waals surface area contributed by atoms with Crippen molar-refractivity contribution >= 4 is 0 Å². The Bertz CT molecular complexity index is 156. The van der Waals surface area contributed by atoms with Gasteiger partial charge in [-0.2, -0.15) is 0 Å². The molecule has 0 aliphatic rings.